The highest BCUT2D eigenvalue weighted by Crippen LogP contribution is 2.32. The van der Waals surface area contributed by atoms with Crippen LogP contribution in [0.1, 0.15) is 32.6 Å². The molecule has 2 atom stereocenters. The molecule has 0 amide bonds. The number of hydrogen-bond donors (Lipinski definition) is 3. The normalized spacial score (nSPS) is 19.5. The van der Waals surface area contributed by atoms with Crippen molar-refractivity contribution < 1.29 is 5.11 Å². The van der Waals surface area contributed by atoms with Gasteiger partial charge in [0.15, 0.2) is 0 Å². The zero-order chi connectivity index (χ0) is 9.84. The van der Waals surface area contributed by atoms with Crippen LogP contribution >= 0.6 is 0 Å². The van der Waals surface area contributed by atoms with Crippen LogP contribution in [0.25, 0.3) is 0 Å². The zero-order valence-electron chi connectivity index (χ0n) is 8.51. The molecule has 0 bridgehead atoms. The number of allylic oxidation sites excluding steroid dienone is 1. The summed E-state index contributed by atoms with van der Waals surface area (Å²) in [4.78, 5) is 0. The minimum Gasteiger partial charge on any atom is -0.389 e. The molecule has 3 nitrogen and oxygen atoms in total. The molecule has 0 aromatic heterocycles. The first-order chi connectivity index (χ1) is 6.20. The van der Waals surface area contributed by atoms with Gasteiger partial charge < -0.3 is 16.2 Å². The monoisotopic (exact) mass is 184 g/mol. The molecule has 1 rings (SSSR count). The fourth-order valence-electron chi connectivity index (χ4n) is 1.57. The molecule has 1 aliphatic rings. The molecule has 1 saturated carbocycles. The Morgan fingerprint density at radius 3 is 2.62 bits per heavy atom. The first-order valence-corrected chi connectivity index (χ1v) is 5.04. The lowest BCUT2D eigenvalue weighted by molar-refractivity contribution is 0.167. The molecule has 1 aliphatic carbocycles. The summed E-state index contributed by atoms with van der Waals surface area (Å²) in [7, 11) is 1.85. The van der Waals surface area contributed by atoms with Gasteiger partial charge in [0.1, 0.15) is 6.10 Å². The van der Waals surface area contributed by atoms with Crippen molar-refractivity contribution >= 4 is 0 Å². The van der Waals surface area contributed by atoms with Gasteiger partial charge in [-0.15, -0.1) is 0 Å². The number of aliphatic hydroxyl groups is 1. The van der Waals surface area contributed by atoms with Gasteiger partial charge in [0.05, 0.1) is 0 Å². The van der Waals surface area contributed by atoms with Crippen molar-refractivity contribution in [2.45, 2.75) is 44.8 Å². The molecule has 2 unspecified atom stereocenters. The quantitative estimate of drug-likeness (QED) is 0.590. The third-order valence-electron chi connectivity index (χ3n) is 2.47. The Labute approximate surface area is 80.0 Å². The average Bonchev–Trinajstić information content (AvgIpc) is 2.90. The summed E-state index contributed by atoms with van der Waals surface area (Å²) in [6.07, 6.45) is 3.63. The van der Waals surface area contributed by atoms with Crippen LogP contribution in [0, 0.1) is 0 Å². The molecule has 13 heavy (non-hydrogen) atoms. The Morgan fingerprint density at radius 2 is 2.23 bits per heavy atom. The predicted octanol–water partition coefficient (Wildman–Crippen LogP) is 0.742. The number of rotatable bonds is 5. The summed E-state index contributed by atoms with van der Waals surface area (Å²) in [6, 6.07) is -0.124. The van der Waals surface area contributed by atoms with E-state index < -0.39 is 6.10 Å². The van der Waals surface area contributed by atoms with Crippen LogP contribution in [0.5, 0.6) is 0 Å². The lowest BCUT2D eigenvalue weighted by atomic mass is 10.0. The van der Waals surface area contributed by atoms with Crippen LogP contribution in [-0.4, -0.2) is 24.3 Å². The number of hydrogen-bond acceptors (Lipinski definition) is 3. The van der Waals surface area contributed by atoms with Gasteiger partial charge in [-0.25, -0.2) is 0 Å². The molecule has 0 saturated heterocycles. The Bertz CT molecular complexity index is 195. The van der Waals surface area contributed by atoms with E-state index >= 15 is 0 Å². The molecular weight excluding hydrogens is 164 g/mol. The Kier molecular flexibility index (Phi) is 3.75. The molecule has 0 aromatic carbocycles. The molecule has 1 fully saturated rings. The number of nitrogens with two attached hydrogens (primary N) is 1. The van der Waals surface area contributed by atoms with Crippen molar-refractivity contribution in [2.24, 2.45) is 5.73 Å². The van der Waals surface area contributed by atoms with Gasteiger partial charge in [-0.2, -0.15) is 0 Å². The maximum Gasteiger partial charge on any atom is 0.108 e. The highest BCUT2D eigenvalue weighted by atomic mass is 16.3. The number of likely N-dealkylation sites (N-methyl/N-ethyl adjacent to an activating group) is 1. The second-order valence-corrected chi connectivity index (χ2v) is 3.66. The van der Waals surface area contributed by atoms with Crippen molar-refractivity contribution in [3.8, 4) is 0 Å². The third-order valence-corrected chi connectivity index (χ3v) is 2.47. The molecule has 0 spiro atoms. The minimum atomic E-state index is -0.498. The fraction of sp³-hybridized carbons (Fsp3) is 0.800. The van der Waals surface area contributed by atoms with Crippen molar-refractivity contribution in [3.63, 3.8) is 0 Å². The van der Waals surface area contributed by atoms with Crippen molar-refractivity contribution in [2.75, 3.05) is 7.05 Å². The van der Waals surface area contributed by atoms with Crippen molar-refractivity contribution in [1.29, 1.82) is 0 Å². The van der Waals surface area contributed by atoms with Crippen LogP contribution in [0.3, 0.4) is 0 Å². The van der Waals surface area contributed by atoms with Crippen molar-refractivity contribution in [1.82, 2.24) is 5.32 Å². The van der Waals surface area contributed by atoms with Crippen LogP contribution in [0.2, 0.25) is 0 Å². The molecule has 0 aliphatic heterocycles. The maximum absolute atomic E-state index is 9.87. The Balaban J connectivity index is 2.54. The largest absolute Gasteiger partial charge is 0.389 e. The molecule has 4 N–H and O–H groups in total. The van der Waals surface area contributed by atoms with Gasteiger partial charge in [0.25, 0.3) is 0 Å². The van der Waals surface area contributed by atoms with E-state index in [2.05, 4.69) is 12.2 Å². The van der Waals surface area contributed by atoms with Gasteiger partial charge in [0, 0.05) is 18.8 Å². The first-order valence-electron chi connectivity index (χ1n) is 5.04. The summed E-state index contributed by atoms with van der Waals surface area (Å²) in [5.74, 6) is 0. The standard InChI is InChI=1S/C10H20N2O/c1-3-4-8(11)10(13)9(12-2)7-5-6-7/h8,10,12-13H,3-6,11H2,1-2H3. The summed E-state index contributed by atoms with van der Waals surface area (Å²) in [6.45, 7) is 2.08. The fourth-order valence-corrected chi connectivity index (χ4v) is 1.57. The molecule has 0 radical (unpaired) electrons. The molecule has 3 heteroatoms. The Morgan fingerprint density at radius 1 is 1.62 bits per heavy atom. The zero-order valence-corrected chi connectivity index (χ0v) is 8.51. The second kappa shape index (κ2) is 4.63. The minimum absolute atomic E-state index is 0.124. The van der Waals surface area contributed by atoms with Gasteiger partial charge in [0.2, 0.25) is 0 Å². The summed E-state index contributed by atoms with van der Waals surface area (Å²) < 4.78 is 0. The highest BCUT2D eigenvalue weighted by Gasteiger charge is 2.25. The van der Waals surface area contributed by atoms with Crippen LogP contribution < -0.4 is 11.1 Å². The molecule has 0 heterocycles. The lowest BCUT2D eigenvalue weighted by Gasteiger charge is -2.21. The van der Waals surface area contributed by atoms with E-state index in [9.17, 15) is 5.11 Å². The number of nitrogens with one attached hydrogen (secondary N) is 1. The highest BCUT2D eigenvalue weighted by molar-refractivity contribution is 5.27. The van der Waals surface area contributed by atoms with Gasteiger partial charge in [-0.1, -0.05) is 13.3 Å². The number of aliphatic hydroxyl groups excluding tert-OH is 1. The third kappa shape index (κ3) is 2.71. The summed E-state index contributed by atoms with van der Waals surface area (Å²) >= 11 is 0. The maximum atomic E-state index is 9.87. The first kappa shape index (κ1) is 10.5. The van der Waals surface area contributed by atoms with E-state index in [1.165, 1.54) is 5.57 Å². The van der Waals surface area contributed by atoms with Crippen molar-refractivity contribution in [3.05, 3.63) is 11.3 Å². The summed E-state index contributed by atoms with van der Waals surface area (Å²) in [5, 5.41) is 12.9. The van der Waals surface area contributed by atoms with Crippen LogP contribution in [-0.2, 0) is 0 Å². The van der Waals surface area contributed by atoms with E-state index in [1.807, 2.05) is 7.05 Å². The Hall–Kier alpha value is -0.540. The van der Waals surface area contributed by atoms with Crippen LogP contribution in [0.4, 0.5) is 0 Å². The van der Waals surface area contributed by atoms with Crippen LogP contribution in [0.15, 0.2) is 11.3 Å². The second-order valence-electron chi connectivity index (χ2n) is 3.66. The van der Waals surface area contributed by atoms with E-state index in [0.717, 1.165) is 31.4 Å². The predicted molar refractivity (Wildman–Crippen MR) is 54.2 cm³/mol. The molecule has 76 valence electrons. The molecule has 0 aromatic rings. The van der Waals surface area contributed by atoms with Gasteiger partial charge in [-0.05, 0) is 24.8 Å². The van der Waals surface area contributed by atoms with E-state index in [-0.39, 0.29) is 6.04 Å². The van der Waals surface area contributed by atoms with E-state index in [4.69, 9.17) is 5.73 Å². The van der Waals surface area contributed by atoms with Gasteiger partial charge in [-0.3, -0.25) is 0 Å². The summed E-state index contributed by atoms with van der Waals surface area (Å²) in [5.41, 5.74) is 8.14. The lowest BCUT2D eigenvalue weighted by Crippen LogP contribution is -2.39. The van der Waals surface area contributed by atoms with E-state index in [0.29, 0.717) is 0 Å². The topological polar surface area (TPSA) is 58.3 Å². The smallest absolute Gasteiger partial charge is 0.108 e. The van der Waals surface area contributed by atoms with E-state index in [1.54, 1.807) is 0 Å². The average molecular weight is 184 g/mol. The SMILES string of the molecule is CCCC(N)C(O)C(NC)=C1CC1. The molecular formula is C10H20N2O. The van der Waals surface area contributed by atoms with Gasteiger partial charge >= 0.3 is 0 Å².